The molecule has 0 bridgehead atoms. The van der Waals surface area contributed by atoms with Gasteiger partial charge in [0.2, 0.25) is 0 Å². The summed E-state index contributed by atoms with van der Waals surface area (Å²) >= 11 is 5.73. The van der Waals surface area contributed by atoms with Gasteiger partial charge in [0.05, 0.1) is 16.0 Å². The molecular formula is C8H4ClN3O4. The summed E-state index contributed by atoms with van der Waals surface area (Å²) in [6.45, 7) is 0. The molecule has 2 N–H and O–H groups in total. The number of H-pyrrole nitrogens is 2. The molecule has 0 aliphatic carbocycles. The zero-order valence-corrected chi connectivity index (χ0v) is 8.37. The topological polar surface area (TPSA) is 109 Å². The summed E-state index contributed by atoms with van der Waals surface area (Å²) in [5.74, 6) is 0. The summed E-state index contributed by atoms with van der Waals surface area (Å²) in [6, 6.07) is 2.45. The van der Waals surface area contributed by atoms with Gasteiger partial charge in [-0.25, -0.2) is 0 Å². The molecule has 2 rings (SSSR count). The van der Waals surface area contributed by atoms with E-state index in [1.54, 1.807) is 0 Å². The molecule has 16 heavy (non-hydrogen) atoms. The Hall–Kier alpha value is -2.15. The van der Waals surface area contributed by atoms with Crippen LogP contribution in [0.15, 0.2) is 21.7 Å². The van der Waals surface area contributed by atoms with Crippen molar-refractivity contribution in [3.63, 3.8) is 0 Å². The maximum atomic E-state index is 11.0. The van der Waals surface area contributed by atoms with E-state index in [1.165, 1.54) is 6.07 Å². The number of hydrogen-bond acceptors (Lipinski definition) is 4. The lowest BCUT2D eigenvalue weighted by molar-refractivity contribution is -0.384. The molecule has 0 unspecified atom stereocenters. The van der Waals surface area contributed by atoms with Crippen LogP contribution in [-0.4, -0.2) is 14.9 Å². The monoisotopic (exact) mass is 241 g/mol. The first-order valence-electron chi connectivity index (χ1n) is 4.10. The SMILES string of the molecule is O=c1[nH]c2ccc([N+](=O)[O-])c(Cl)c2[nH]c1=O. The highest BCUT2D eigenvalue weighted by Crippen LogP contribution is 2.29. The second-order valence-corrected chi connectivity index (χ2v) is 3.36. The van der Waals surface area contributed by atoms with Crippen molar-refractivity contribution in [2.45, 2.75) is 0 Å². The van der Waals surface area contributed by atoms with Gasteiger partial charge in [0.1, 0.15) is 5.02 Å². The standard InChI is InChI=1S/C8H4ClN3O4/c9-5-4(12(15)16)2-1-3-6(5)11-8(14)7(13)10-3/h1-2H,(H,10,13)(H,11,14). The summed E-state index contributed by atoms with van der Waals surface area (Å²) in [6.07, 6.45) is 0. The van der Waals surface area contributed by atoms with E-state index in [1.807, 2.05) is 0 Å². The van der Waals surface area contributed by atoms with E-state index >= 15 is 0 Å². The highest BCUT2D eigenvalue weighted by atomic mass is 35.5. The Morgan fingerprint density at radius 3 is 2.44 bits per heavy atom. The van der Waals surface area contributed by atoms with Crippen LogP contribution in [-0.2, 0) is 0 Å². The second kappa shape index (κ2) is 3.46. The highest BCUT2D eigenvalue weighted by Gasteiger charge is 2.16. The fraction of sp³-hybridized carbons (Fsp3) is 0. The summed E-state index contributed by atoms with van der Waals surface area (Å²) in [5, 5.41) is 10.4. The van der Waals surface area contributed by atoms with Crippen LogP contribution in [0.5, 0.6) is 0 Å². The molecule has 0 aliphatic heterocycles. The van der Waals surface area contributed by atoms with Crippen LogP contribution in [0.1, 0.15) is 0 Å². The van der Waals surface area contributed by atoms with Gasteiger partial charge in [-0.15, -0.1) is 0 Å². The first kappa shape index (κ1) is 10.4. The Morgan fingerprint density at radius 1 is 1.19 bits per heavy atom. The Balaban J connectivity index is 2.95. The van der Waals surface area contributed by atoms with E-state index in [4.69, 9.17) is 11.6 Å². The molecule has 0 fully saturated rings. The Bertz CT molecular complexity index is 702. The Morgan fingerprint density at radius 2 is 1.81 bits per heavy atom. The van der Waals surface area contributed by atoms with Crippen LogP contribution >= 0.6 is 11.6 Å². The van der Waals surface area contributed by atoms with Crippen LogP contribution in [0.2, 0.25) is 5.02 Å². The van der Waals surface area contributed by atoms with Gasteiger partial charge in [-0.3, -0.25) is 19.7 Å². The molecule has 1 aromatic carbocycles. The molecule has 0 aliphatic rings. The zero-order chi connectivity index (χ0) is 11.9. The maximum Gasteiger partial charge on any atom is 0.314 e. The second-order valence-electron chi connectivity index (χ2n) is 2.99. The maximum absolute atomic E-state index is 11.0. The third-order valence-electron chi connectivity index (χ3n) is 2.01. The summed E-state index contributed by atoms with van der Waals surface area (Å²) in [4.78, 5) is 36.4. The molecule has 0 spiro atoms. The van der Waals surface area contributed by atoms with Crippen LogP contribution < -0.4 is 11.1 Å². The number of halogens is 1. The van der Waals surface area contributed by atoms with E-state index in [9.17, 15) is 19.7 Å². The van der Waals surface area contributed by atoms with Crippen LogP contribution in [0.4, 0.5) is 5.69 Å². The van der Waals surface area contributed by atoms with Crippen molar-refractivity contribution in [2.75, 3.05) is 0 Å². The van der Waals surface area contributed by atoms with Crippen molar-refractivity contribution in [3.05, 3.63) is 48.0 Å². The van der Waals surface area contributed by atoms with Crippen molar-refractivity contribution in [1.29, 1.82) is 0 Å². The lowest BCUT2D eigenvalue weighted by Gasteiger charge is -2.00. The number of nitrogens with zero attached hydrogens (tertiary/aromatic N) is 1. The highest BCUT2D eigenvalue weighted by molar-refractivity contribution is 6.37. The molecule has 0 atom stereocenters. The molecule has 2 aromatic rings. The average molecular weight is 242 g/mol. The number of nitro groups is 1. The van der Waals surface area contributed by atoms with E-state index in [0.717, 1.165) is 6.07 Å². The third kappa shape index (κ3) is 1.47. The molecule has 0 amide bonds. The van der Waals surface area contributed by atoms with Crippen LogP contribution in [0.25, 0.3) is 11.0 Å². The molecule has 0 radical (unpaired) electrons. The summed E-state index contributed by atoms with van der Waals surface area (Å²) in [5.41, 5.74) is -1.80. The molecule has 0 saturated carbocycles. The lowest BCUT2D eigenvalue weighted by Crippen LogP contribution is -2.29. The Labute approximate surface area is 91.8 Å². The number of fused-ring (bicyclic) bond motifs is 1. The molecule has 1 aromatic heterocycles. The van der Waals surface area contributed by atoms with Crippen molar-refractivity contribution < 1.29 is 4.92 Å². The number of aromatic nitrogens is 2. The molecule has 7 nitrogen and oxygen atoms in total. The predicted octanol–water partition coefficient (Wildman–Crippen LogP) is 0.778. The zero-order valence-electron chi connectivity index (χ0n) is 7.61. The number of nitrogens with one attached hydrogen (secondary N) is 2. The van der Waals surface area contributed by atoms with E-state index in [0.29, 0.717) is 0 Å². The molecule has 8 heteroatoms. The van der Waals surface area contributed by atoms with E-state index in [-0.39, 0.29) is 21.7 Å². The van der Waals surface area contributed by atoms with Crippen LogP contribution in [0.3, 0.4) is 0 Å². The lowest BCUT2D eigenvalue weighted by atomic mass is 10.2. The van der Waals surface area contributed by atoms with Crippen molar-refractivity contribution in [1.82, 2.24) is 9.97 Å². The minimum Gasteiger partial charge on any atom is -0.316 e. The average Bonchev–Trinajstić information content (AvgIpc) is 2.21. The number of benzene rings is 1. The number of rotatable bonds is 1. The molecule has 82 valence electrons. The molecular weight excluding hydrogens is 238 g/mol. The van der Waals surface area contributed by atoms with Gasteiger partial charge in [-0.05, 0) is 6.07 Å². The predicted molar refractivity (Wildman–Crippen MR) is 56.9 cm³/mol. The van der Waals surface area contributed by atoms with E-state index < -0.39 is 16.0 Å². The van der Waals surface area contributed by atoms with Crippen LogP contribution in [0, 0.1) is 10.1 Å². The smallest absolute Gasteiger partial charge is 0.314 e. The fourth-order valence-electron chi connectivity index (χ4n) is 1.28. The fourth-order valence-corrected chi connectivity index (χ4v) is 1.56. The minimum atomic E-state index is -0.908. The number of hydrogen-bond donors (Lipinski definition) is 2. The first-order valence-corrected chi connectivity index (χ1v) is 4.47. The third-order valence-corrected chi connectivity index (χ3v) is 2.39. The van der Waals surface area contributed by atoms with Gasteiger partial charge in [0.25, 0.3) is 5.69 Å². The Kier molecular flexibility index (Phi) is 2.24. The van der Waals surface area contributed by atoms with Gasteiger partial charge in [-0.2, -0.15) is 0 Å². The molecule has 0 saturated heterocycles. The van der Waals surface area contributed by atoms with Gasteiger partial charge in [-0.1, -0.05) is 11.6 Å². The molecule has 1 heterocycles. The van der Waals surface area contributed by atoms with Gasteiger partial charge in [0.15, 0.2) is 0 Å². The van der Waals surface area contributed by atoms with Gasteiger partial charge >= 0.3 is 11.1 Å². The van der Waals surface area contributed by atoms with Gasteiger partial charge in [0, 0.05) is 6.07 Å². The normalized spacial score (nSPS) is 10.6. The minimum absolute atomic E-state index is 0.0421. The summed E-state index contributed by atoms with van der Waals surface area (Å²) < 4.78 is 0. The van der Waals surface area contributed by atoms with Crippen molar-refractivity contribution in [2.24, 2.45) is 0 Å². The largest absolute Gasteiger partial charge is 0.316 e. The summed E-state index contributed by atoms with van der Waals surface area (Å²) in [7, 11) is 0. The van der Waals surface area contributed by atoms with Crippen molar-refractivity contribution >= 4 is 28.3 Å². The first-order chi connectivity index (χ1) is 7.50. The van der Waals surface area contributed by atoms with Gasteiger partial charge < -0.3 is 9.97 Å². The number of nitro benzene ring substituents is 1. The number of aromatic amines is 2. The van der Waals surface area contributed by atoms with Crippen molar-refractivity contribution in [3.8, 4) is 0 Å². The quantitative estimate of drug-likeness (QED) is 0.437. The van der Waals surface area contributed by atoms with E-state index in [2.05, 4.69) is 9.97 Å².